The molecule has 0 spiro atoms. The predicted octanol–water partition coefficient (Wildman–Crippen LogP) is 6.88. The third-order valence-corrected chi connectivity index (χ3v) is 8.12. The van der Waals surface area contributed by atoms with Gasteiger partial charge in [-0.25, -0.2) is 9.78 Å². The molecule has 1 unspecified atom stereocenters. The van der Waals surface area contributed by atoms with E-state index in [1.54, 1.807) is 42.5 Å². The van der Waals surface area contributed by atoms with Crippen LogP contribution in [-0.2, 0) is 33.3 Å². The molecule has 1 heterocycles. The Bertz CT molecular complexity index is 1790. The Hall–Kier alpha value is -4.51. The van der Waals surface area contributed by atoms with Gasteiger partial charge in [-0.1, -0.05) is 78.9 Å². The number of alkyl halides is 4. The molecule has 13 heteroatoms. The summed E-state index contributed by atoms with van der Waals surface area (Å²) >= 11 is 0. The molecule has 8 nitrogen and oxygen atoms in total. The number of benzene rings is 4. The fourth-order valence-corrected chi connectivity index (χ4v) is 5.42. The van der Waals surface area contributed by atoms with Crippen LogP contribution >= 0.6 is 7.60 Å². The summed E-state index contributed by atoms with van der Waals surface area (Å²) in [7, 11) is -5.78. The lowest BCUT2D eigenvalue weighted by Gasteiger charge is -2.32. The van der Waals surface area contributed by atoms with Crippen LogP contribution in [0.4, 0.5) is 17.6 Å². The van der Waals surface area contributed by atoms with Crippen molar-refractivity contribution < 1.29 is 51.0 Å². The highest BCUT2D eigenvalue weighted by Crippen LogP contribution is 2.59. The lowest BCUT2D eigenvalue weighted by molar-refractivity contribution is -0.210. The summed E-state index contributed by atoms with van der Waals surface area (Å²) in [6.07, 6.45) is -4.17. The molecule has 5 aromatic rings. The number of oxazole rings is 1. The SMILES string of the molecule is O=C(O)C(F)(F)Oc1ccc(CC(Cc2ccc(C(F)(F)P(=O)(O)O)cc2)(c2ccccc2)c2nc3ccccc3o2)cc1. The lowest BCUT2D eigenvalue weighted by atomic mass is 9.71. The highest BCUT2D eigenvalue weighted by molar-refractivity contribution is 7.52. The van der Waals surface area contributed by atoms with Crippen molar-refractivity contribution in [2.24, 2.45) is 0 Å². The monoisotopic (exact) mass is 629 g/mol. The van der Waals surface area contributed by atoms with Gasteiger partial charge < -0.3 is 24.0 Å². The van der Waals surface area contributed by atoms with Gasteiger partial charge in [0, 0.05) is 5.56 Å². The second kappa shape index (κ2) is 11.5. The minimum absolute atomic E-state index is 0.112. The molecule has 0 aliphatic heterocycles. The van der Waals surface area contributed by atoms with E-state index < -0.39 is 36.3 Å². The Morgan fingerprint density at radius 2 is 1.32 bits per heavy atom. The van der Waals surface area contributed by atoms with Gasteiger partial charge in [0.25, 0.3) is 0 Å². The Morgan fingerprint density at radius 1 is 0.773 bits per heavy atom. The molecule has 44 heavy (non-hydrogen) atoms. The fourth-order valence-electron chi connectivity index (χ4n) is 4.93. The standard InChI is InChI=1S/C31H24F4NO7P/c32-30(33,28(37)38)43-24-16-12-21(13-17-24)19-29(22-6-2-1-3-7-22,27-36-25-8-4-5-9-26(25)42-27)18-20-10-14-23(15-11-20)31(34,35)44(39,40)41/h1-17H,18-19H2,(H,37,38)(H2,39,40,41). The van der Waals surface area contributed by atoms with Crippen LogP contribution < -0.4 is 4.74 Å². The number of nitrogens with zero attached hydrogens (tertiary/aromatic N) is 1. The summed E-state index contributed by atoms with van der Waals surface area (Å²) in [5.74, 6) is -2.55. The van der Waals surface area contributed by atoms with Crippen LogP contribution in [-0.4, -0.2) is 32.0 Å². The molecule has 0 bridgehead atoms. The number of carbonyl (C=O) groups is 1. The Morgan fingerprint density at radius 3 is 1.86 bits per heavy atom. The molecule has 0 fully saturated rings. The van der Waals surface area contributed by atoms with Gasteiger partial charge in [-0.15, -0.1) is 0 Å². The first kappa shape index (κ1) is 30.9. The Kier molecular flexibility index (Phi) is 8.11. The summed E-state index contributed by atoms with van der Waals surface area (Å²) in [6.45, 7) is 0. The number of aromatic nitrogens is 1. The smallest absolute Gasteiger partial charge is 0.474 e. The highest BCUT2D eigenvalue weighted by Gasteiger charge is 2.50. The van der Waals surface area contributed by atoms with E-state index >= 15 is 0 Å². The van der Waals surface area contributed by atoms with Crippen molar-refractivity contribution in [1.29, 1.82) is 0 Å². The molecule has 228 valence electrons. The summed E-state index contributed by atoms with van der Waals surface area (Å²) in [5, 5.41) is 8.69. The molecule has 5 rings (SSSR count). The van der Waals surface area contributed by atoms with E-state index in [4.69, 9.17) is 24.3 Å². The maximum Gasteiger partial charge on any atom is 0.501 e. The first-order valence-electron chi connectivity index (χ1n) is 13.0. The van der Waals surface area contributed by atoms with Crippen LogP contribution in [0.5, 0.6) is 5.75 Å². The topological polar surface area (TPSA) is 130 Å². The minimum atomic E-state index is -5.78. The number of para-hydroxylation sites is 2. The number of rotatable bonds is 11. The van der Waals surface area contributed by atoms with Gasteiger partial charge in [-0.3, -0.25) is 4.57 Å². The third-order valence-electron chi connectivity index (χ3n) is 7.13. The third kappa shape index (κ3) is 6.10. The molecule has 0 radical (unpaired) electrons. The van der Waals surface area contributed by atoms with Crippen LogP contribution in [0.15, 0.2) is 108 Å². The minimum Gasteiger partial charge on any atom is -0.474 e. The molecule has 1 atom stereocenters. The number of halogens is 4. The zero-order chi connectivity index (χ0) is 31.8. The molecule has 0 saturated heterocycles. The van der Waals surface area contributed by atoms with Crippen molar-refractivity contribution >= 4 is 24.7 Å². The zero-order valence-electron chi connectivity index (χ0n) is 22.6. The quantitative estimate of drug-likeness (QED) is 0.107. The fraction of sp³-hybridized carbons (Fsp3) is 0.161. The average Bonchev–Trinajstić information content (AvgIpc) is 3.43. The Labute approximate surface area is 247 Å². The molecule has 0 aliphatic rings. The van der Waals surface area contributed by atoms with Crippen LogP contribution in [0.3, 0.4) is 0 Å². The molecular formula is C31H24F4NO7P. The van der Waals surface area contributed by atoms with Crippen molar-refractivity contribution in [2.75, 3.05) is 0 Å². The summed E-state index contributed by atoms with van der Waals surface area (Å²) < 4.78 is 78.0. The van der Waals surface area contributed by atoms with Gasteiger partial charge in [-0.2, -0.15) is 17.6 Å². The van der Waals surface area contributed by atoms with Gasteiger partial charge in [0.15, 0.2) is 5.58 Å². The van der Waals surface area contributed by atoms with Crippen LogP contribution in [0.1, 0.15) is 28.1 Å². The van der Waals surface area contributed by atoms with Gasteiger partial charge in [0.05, 0.1) is 5.41 Å². The van der Waals surface area contributed by atoms with E-state index in [-0.39, 0.29) is 24.5 Å². The van der Waals surface area contributed by atoms with Gasteiger partial charge in [0.1, 0.15) is 11.3 Å². The molecule has 0 amide bonds. The molecule has 1 aromatic heterocycles. The molecule has 4 aromatic carbocycles. The number of hydrogen-bond donors (Lipinski definition) is 3. The van der Waals surface area contributed by atoms with Crippen molar-refractivity contribution in [2.45, 2.75) is 30.0 Å². The average molecular weight is 629 g/mol. The second-order valence-corrected chi connectivity index (χ2v) is 11.8. The lowest BCUT2D eigenvalue weighted by Crippen LogP contribution is -2.35. The van der Waals surface area contributed by atoms with Crippen LogP contribution in [0.25, 0.3) is 11.1 Å². The first-order valence-corrected chi connectivity index (χ1v) is 14.7. The number of carboxylic acids is 1. The van der Waals surface area contributed by atoms with Gasteiger partial charge in [-0.05, 0) is 53.8 Å². The number of fused-ring (bicyclic) bond motifs is 1. The normalized spacial score (nSPS) is 13.9. The number of hydrogen-bond acceptors (Lipinski definition) is 5. The van der Waals surface area contributed by atoms with E-state index in [0.717, 1.165) is 12.1 Å². The second-order valence-electron chi connectivity index (χ2n) is 10.1. The van der Waals surface area contributed by atoms with Crippen LogP contribution in [0.2, 0.25) is 0 Å². The van der Waals surface area contributed by atoms with Crippen LogP contribution in [0, 0.1) is 0 Å². The predicted molar refractivity (Wildman–Crippen MR) is 151 cm³/mol. The van der Waals surface area contributed by atoms with E-state index in [1.165, 1.54) is 36.4 Å². The van der Waals surface area contributed by atoms with Crippen molar-refractivity contribution in [3.8, 4) is 5.75 Å². The molecular weight excluding hydrogens is 605 g/mol. The van der Waals surface area contributed by atoms with Crippen molar-refractivity contribution in [3.63, 3.8) is 0 Å². The maximum absolute atomic E-state index is 14.4. The largest absolute Gasteiger partial charge is 0.501 e. The van der Waals surface area contributed by atoms with E-state index in [1.807, 2.05) is 12.1 Å². The van der Waals surface area contributed by atoms with E-state index in [2.05, 4.69) is 4.74 Å². The summed E-state index contributed by atoms with van der Waals surface area (Å²) in [5.41, 5.74) is -3.50. The highest BCUT2D eigenvalue weighted by atomic mass is 31.2. The van der Waals surface area contributed by atoms with E-state index in [9.17, 15) is 26.9 Å². The Balaban J connectivity index is 1.61. The summed E-state index contributed by atoms with van der Waals surface area (Å²) in [6, 6.07) is 26.0. The van der Waals surface area contributed by atoms with E-state index in [0.29, 0.717) is 27.8 Å². The molecule has 0 saturated carbocycles. The number of ether oxygens (including phenoxy) is 1. The van der Waals surface area contributed by atoms with Gasteiger partial charge >= 0.3 is 25.3 Å². The molecule has 0 aliphatic carbocycles. The number of aliphatic carboxylic acids is 1. The number of carboxylic acid groups (broad SMARTS) is 1. The van der Waals surface area contributed by atoms with Gasteiger partial charge in [0.2, 0.25) is 5.89 Å². The maximum atomic E-state index is 14.4. The van der Waals surface area contributed by atoms with Crippen molar-refractivity contribution in [1.82, 2.24) is 4.98 Å². The molecule has 3 N–H and O–H groups in total. The summed E-state index contributed by atoms with van der Waals surface area (Å²) in [4.78, 5) is 33.9. The first-order chi connectivity index (χ1) is 20.7. The zero-order valence-corrected chi connectivity index (χ0v) is 23.5. The van der Waals surface area contributed by atoms with Crippen molar-refractivity contribution in [3.05, 3.63) is 131 Å².